The summed E-state index contributed by atoms with van der Waals surface area (Å²) in [4.78, 5) is 20.1. The van der Waals surface area contributed by atoms with Gasteiger partial charge in [-0.05, 0) is 54.8 Å². The van der Waals surface area contributed by atoms with Crippen molar-refractivity contribution in [3.8, 4) is 28.5 Å². The third-order valence-electron chi connectivity index (χ3n) is 5.41. The SMILES string of the molecule is N#Cc1cnccc1-c1cc(C2CCN(C(=O)O)CC2)[nH]c1-c1ccc(F)cc1. The molecule has 0 spiro atoms. The number of nitrogens with one attached hydrogen (secondary N) is 1. The van der Waals surface area contributed by atoms with E-state index in [0.29, 0.717) is 18.7 Å². The van der Waals surface area contributed by atoms with Gasteiger partial charge in [0.1, 0.15) is 11.9 Å². The summed E-state index contributed by atoms with van der Waals surface area (Å²) in [6.07, 6.45) is 3.72. The van der Waals surface area contributed by atoms with Crippen LogP contribution in [-0.2, 0) is 0 Å². The summed E-state index contributed by atoms with van der Waals surface area (Å²) in [6, 6.07) is 12.2. The second-order valence-corrected chi connectivity index (χ2v) is 7.10. The van der Waals surface area contributed by atoms with E-state index >= 15 is 0 Å². The first-order chi connectivity index (χ1) is 14.1. The highest BCUT2D eigenvalue weighted by Crippen LogP contribution is 2.38. The molecule has 1 aromatic carbocycles. The number of amides is 1. The molecule has 7 heteroatoms. The van der Waals surface area contributed by atoms with Gasteiger partial charge >= 0.3 is 6.09 Å². The van der Waals surface area contributed by atoms with Gasteiger partial charge in [0, 0.05) is 48.2 Å². The van der Waals surface area contributed by atoms with Crippen molar-refractivity contribution in [1.29, 1.82) is 5.26 Å². The molecule has 0 atom stereocenters. The molecule has 2 N–H and O–H groups in total. The largest absolute Gasteiger partial charge is 0.465 e. The monoisotopic (exact) mass is 390 g/mol. The van der Waals surface area contributed by atoms with Gasteiger partial charge in [0.2, 0.25) is 0 Å². The Kier molecular flexibility index (Phi) is 5.00. The van der Waals surface area contributed by atoms with Crippen molar-refractivity contribution in [2.24, 2.45) is 0 Å². The molecule has 2 aromatic heterocycles. The van der Waals surface area contributed by atoms with Crippen molar-refractivity contribution in [1.82, 2.24) is 14.9 Å². The third-order valence-corrected chi connectivity index (χ3v) is 5.41. The number of pyridine rings is 1. The zero-order valence-electron chi connectivity index (χ0n) is 15.6. The number of aromatic amines is 1. The number of carbonyl (C=O) groups is 1. The quantitative estimate of drug-likeness (QED) is 0.683. The number of rotatable bonds is 3. The van der Waals surface area contributed by atoms with Crippen molar-refractivity contribution in [2.75, 3.05) is 13.1 Å². The van der Waals surface area contributed by atoms with E-state index in [1.54, 1.807) is 24.4 Å². The van der Waals surface area contributed by atoms with Crippen molar-refractivity contribution in [3.63, 3.8) is 0 Å². The summed E-state index contributed by atoms with van der Waals surface area (Å²) in [6.45, 7) is 0.970. The van der Waals surface area contributed by atoms with Crippen LogP contribution in [0.2, 0.25) is 0 Å². The van der Waals surface area contributed by atoms with Gasteiger partial charge in [-0.25, -0.2) is 9.18 Å². The molecule has 3 aromatic rings. The van der Waals surface area contributed by atoms with Gasteiger partial charge < -0.3 is 15.0 Å². The maximum Gasteiger partial charge on any atom is 0.407 e. The van der Waals surface area contributed by atoms with Crippen LogP contribution < -0.4 is 0 Å². The summed E-state index contributed by atoms with van der Waals surface area (Å²) in [5.41, 5.74) is 4.69. The Morgan fingerprint density at radius 3 is 2.59 bits per heavy atom. The number of likely N-dealkylation sites (tertiary alicyclic amines) is 1. The second-order valence-electron chi connectivity index (χ2n) is 7.10. The highest BCUT2D eigenvalue weighted by atomic mass is 19.1. The maximum absolute atomic E-state index is 13.4. The first-order valence-corrected chi connectivity index (χ1v) is 9.38. The number of nitrogens with zero attached hydrogens (tertiary/aromatic N) is 3. The lowest BCUT2D eigenvalue weighted by Crippen LogP contribution is -2.36. The lowest BCUT2D eigenvalue weighted by atomic mass is 9.92. The average molecular weight is 390 g/mol. The van der Waals surface area contributed by atoms with Crippen LogP contribution in [0.4, 0.5) is 9.18 Å². The van der Waals surface area contributed by atoms with Crippen LogP contribution in [0.15, 0.2) is 48.8 Å². The molecule has 0 aliphatic carbocycles. The summed E-state index contributed by atoms with van der Waals surface area (Å²) >= 11 is 0. The summed E-state index contributed by atoms with van der Waals surface area (Å²) in [7, 11) is 0. The van der Waals surface area contributed by atoms with E-state index in [9.17, 15) is 19.6 Å². The molecule has 6 nitrogen and oxygen atoms in total. The van der Waals surface area contributed by atoms with E-state index < -0.39 is 6.09 Å². The number of benzene rings is 1. The molecule has 0 bridgehead atoms. The van der Waals surface area contributed by atoms with Gasteiger partial charge in [-0.3, -0.25) is 4.98 Å². The Bertz CT molecular complexity index is 1080. The lowest BCUT2D eigenvalue weighted by Gasteiger charge is -2.29. The van der Waals surface area contributed by atoms with Crippen LogP contribution in [0.25, 0.3) is 22.4 Å². The molecular formula is C22H19FN4O2. The van der Waals surface area contributed by atoms with E-state index in [0.717, 1.165) is 40.9 Å². The fraction of sp³-hybridized carbons (Fsp3) is 0.227. The molecule has 0 unspecified atom stereocenters. The first kappa shape index (κ1) is 18.7. The average Bonchev–Trinajstić information content (AvgIpc) is 3.19. The molecule has 1 aliphatic heterocycles. The normalized spacial score (nSPS) is 14.6. The van der Waals surface area contributed by atoms with Crippen LogP contribution >= 0.6 is 0 Å². The van der Waals surface area contributed by atoms with Gasteiger partial charge in [-0.2, -0.15) is 5.26 Å². The highest BCUT2D eigenvalue weighted by Gasteiger charge is 2.26. The van der Waals surface area contributed by atoms with Crippen LogP contribution in [0.3, 0.4) is 0 Å². The van der Waals surface area contributed by atoms with Gasteiger partial charge in [-0.15, -0.1) is 0 Å². The summed E-state index contributed by atoms with van der Waals surface area (Å²) < 4.78 is 13.4. The number of piperidine rings is 1. The molecule has 1 amide bonds. The first-order valence-electron chi connectivity index (χ1n) is 9.38. The third kappa shape index (κ3) is 3.69. The highest BCUT2D eigenvalue weighted by molar-refractivity contribution is 5.84. The maximum atomic E-state index is 13.4. The topological polar surface area (TPSA) is 93.0 Å². The summed E-state index contributed by atoms with van der Waals surface area (Å²) in [5.74, 6) is -0.129. The number of halogens is 1. The van der Waals surface area contributed by atoms with E-state index in [-0.39, 0.29) is 11.7 Å². The van der Waals surface area contributed by atoms with Crippen molar-refractivity contribution < 1.29 is 14.3 Å². The zero-order chi connectivity index (χ0) is 20.4. The van der Waals surface area contributed by atoms with Crippen LogP contribution in [-0.4, -0.2) is 39.2 Å². The molecule has 1 aliphatic rings. The van der Waals surface area contributed by atoms with E-state index in [1.807, 2.05) is 6.07 Å². The second kappa shape index (κ2) is 7.76. The Morgan fingerprint density at radius 1 is 1.21 bits per heavy atom. The van der Waals surface area contributed by atoms with Gasteiger partial charge in [0.25, 0.3) is 0 Å². The Morgan fingerprint density at radius 2 is 1.93 bits per heavy atom. The van der Waals surface area contributed by atoms with E-state index in [4.69, 9.17) is 0 Å². The molecule has 0 radical (unpaired) electrons. The Hall–Kier alpha value is -3.66. The molecule has 146 valence electrons. The number of hydrogen-bond donors (Lipinski definition) is 2. The standard InChI is InChI=1S/C22H19FN4O2/c23-17-3-1-15(2-4-17)21-19(18-5-8-25-13-16(18)12-24)11-20(26-21)14-6-9-27(10-7-14)22(28)29/h1-5,8,11,13-14,26H,6-7,9-10H2,(H,28,29). The minimum Gasteiger partial charge on any atom is -0.465 e. The zero-order valence-corrected chi connectivity index (χ0v) is 15.6. The molecule has 0 saturated carbocycles. The molecule has 29 heavy (non-hydrogen) atoms. The molecule has 3 heterocycles. The minimum absolute atomic E-state index is 0.186. The molecular weight excluding hydrogens is 371 g/mol. The minimum atomic E-state index is -0.891. The number of nitriles is 1. The predicted molar refractivity (Wildman–Crippen MR) is 106 cm³/mol. The number of H-pyrrole nitrogens is 1. The fourth-order valence-electron chi connectivity index (χ4n) is 3.85. The van der Waals surface area contributed by atoms with Crippen molar-refractivity contribution in [3.05, 3.63) is 65.9 Å². The summed E-state index contributed by atoms with van der Waals surface area (Å²) in [5, 5.41) is 18.7. The van der Waals surface area contributed by atoms with Crippen molar-refractivity contribution in [2.45, 2.75) is 18.8 Å². The predicted octanol–water partition coefficient (Wildman–Crippen LogP) is 4.61. The van der Waals surface area contributed by atoms with E-state index in [2.05, 4.69) is 16.0 Å². The number of hydrogen-bond acceptors (Lipinski definition) is 3. The van der Waals surface area contributed by atoms with Gasteiger partial charge in [0.05, 0.1) is 11.3 Å². The number of aromatic nitrogens is 2. The number of carboxylic acid groups (broad SMARTS) is 1. The fourth-order valence-corrected chi connectivity index (χ4v) is 3.85. The lowest BCUT2D eigenvalue weighted by molar-refractivity contribution is 0.132. The molecule has 1 saturated heterocycles. The van der Waals surface area contributed by atoms with Gasteiger partial charge in [0.15, 0.2) is 0 Å². The van der Waals surface area contributed by atoms with Crippen LogP contribution in [0, 0.1) is 17.1 Å². The molecule has 1 fully saturated rings. The smallest absolute Gasteiger partial charge is 0.407 e. The van der Waals surface area contributed by atoms with Crippen LogP contribution in [0.1, 0.15) is 30.0 Å². The Labute approximate surface area is 167 Å². The van der Waals surface area contributed by atoms with E-state index in [1.165, 1.54) is 23.2 Å². The Balaban J connectivity index is 1.76. The van der Waals surface area contributed by atoms with Crippen molar-refractivity contribution >= 4 is 6.09 Å². The molecule has 4 rings (SSSR count). The van der Waals surface area contributed by atoms with Crippen LogP contribution in [0.5, 0.6) is 0 Å². The van der Waals surface area contributed by atoms with Gasteiger partial charge in [-0.1, -0.05) is 0 Å².